The molecule has 0 aromatic heterocycles. The number of nitro groups is 1. The topological polar surface area (TPSA) is 113 Å². The normalized spacial score (nSPS) is 19.9. The van der Waals surface area contributed by atoms with Gasteiger partial charge >= 0.3 is 0 Å². The van der Waals surface area contributed by atoms with Crippen LogP contribution in [0.2, 0.25) is 0 Å². The van der Waals surface area contributed by atoms with Crippen LogP contribution in [0.3, 0.4) is 0 Å². The van der Waals surface area contributed by atoms with Crippen LogP contribution in [0.1, 0.15) is 49.3 Å². The number of non-ortho nitro benzene ring substituents is 1. The number of nitrogens with zero attached hydrogens (tertiary/aromatic N) is 3. The van der Waals surface area contributed by atoms with E-state index in [0.29, 0.717) is 29.8 Å². The van der Waals surface area contributed by atoms with E-state index in [9.17, 15) is 20.2 Å². The summed E-state index contributed by atoms with van der Waals surface area (Å²) in [5, 5.41) is 21.6. The largest absolute Gasteiger partial charge is 0.384 e. The number of nitro benzene ring substituents is 1. The molecule has 1 unspecified atom stereocenters. The number of aryl methyl sites for hydroxylation is 2. The van der Waals surface area contributed by atoms with Gasteiger partial charge in [0.15, 0.2) is 5.78 Å². The lowest BCUT2D eigenvalue weighted by Gasteiger charge is -2.44. The van der Waals surface area contributed by atoms with Crippen molar-refractivity contribution in [1.29, 1.82) is 5.26 Å². The van der Waals surface area contributed by atoms with Gasteiger partial charge in [-0.3, -0.25) is 19.8 Å². The molecule has 0 radical (unpaired) electrons. The van der Waals surface area contributed by atoms with Gasteiger partial charge in [0, 0.05) is 29.8 Å². The molecular weight excluding hydrogens is 416 g/mol. The molecule has 4 rings (SSSR count). The van der Waals surface area contributed by atoms with E-state index in [-0.39, 0.29) is 28.3 Å². The third kappa shape index (κ3) is 3.78. The van der Waals surface area contributed by atoms with Crippen LogP contribution in [0.15, 0.2) is 65.1 Å². The minimum Gasteiger partial charge on any atom is -0.384 e. The number of carbonyl (C=O) groups is 1. The summed E-state index contributed by atoms with van der Waals surface area (Å²) in [5.74, 6) is -0.389. The van der Waals surface area contributed by atoms with Gasteiger partial charge in [0.25, 0.3) is 5.69 Å². The van der Waals surface area contributed by atoms with Crippen molar-refractivity contribution in [3.05, 3.63) is 91.9 Å². The van der Waals surface area contributed by atoms with E-state index < -0.39 is 10.8 Å². The van der Waals surface area contributed by atoms with Gasteiger partial charge in [-0.1, -0.05) is 43.7 Å². The molecule has 2 N–H and O–H groups in total. The average molecular weight is 443 g/mol. The Morgan fingerprint density at radius 3 is 2.58 bits per heavy atom. The molecular formula is C26H26N4O3. The van der Waals surface area contributed by atoms with Gasteiger partial charge in [-0.15, -0.1) is 0 Å². The molecule has 1 aliphatic heterocycles. The Morgan fingerprint density at radius 1 is 1.18 bits per heavy atom. The van der Waals surface area contributed by atoms with Crippen LogP contribution in [0.4, 0.5) is 11.4 Å². The molecule has 1 heterocycles. The molecule has 0 fully saturated rings. The lowest BCUT2D eigenvalue weighted by Crippen LogP contribution is -2.42. The number of ketones is 1. The molecule has 33 heavy (non-hydrogen) atoms. The molecule has 0 saturated carbocycles. The SMILES string of the molecule is Cc1ccc(C)c(C2C(C#N)=C(N)N(c3cccc([N+](=O)[O-])c3)C3=C2C(=O)CC(C)(C)C3)c1. The van der Waals surface area contributed by atoms with Gasteiger partial charge in [0.1, 0.15) is 5.82 Å². The second kappa shape index (κ2) is 7.89. The number of carbonyl (C=O) groups excluding carboxylic acids is 1. The summed E-state index contributed by atoms with van der Waals surface area (Å²) in [4.78, 5) is 26.2. The number of nitrogens with two attached hydrogens (primary N) is 1. The first-order valence-corrected chi connectivity index (χ1v) is 10.8. The highest BCUT2D eigenvalue weighted by Gasteiger charge is 2.45. The smallest absolute Gasteiger partial charge is 0.271 e. The van der Waals surface area contributed by atoms with Crippen molar-refractivity contribution in [3.8, 4) is 6.07 Å². The summed E-state index contributed by atoms with van der Waals surface area (Å²) in [6.45, 7) is 7.98. The van der Waals surface area contributed by atoms with E-state index in [1.54, 1.807) is 17.0 Å². The first-order valence-electron chi connectivity index (χ1n) is 10.8. The lowest BCUT2D eigenvalue weighted by atomic mass is 9.68. The van der Waals surface area contributed by atoms with E-state index in [1.807, 2.05) is 45.9 Å². The Bertz CT molecular complexity index is 1300. The zero-order chi connectivity index (χ0) is 24.1. The van der Waals surface area contributed by atoms with Crippen molar-refractivity contribution in [2.45, 2.75) is 46.5 Å². The zero-order valence-electron chi connectivity index (χ0n) is 19.2. The maximum absolute atomic E-state index is 13.6. The third-order valence-corrected chi connectivity index (χ3v) is 6.43. The zero-order valence-corrected chi connectivity index (χ0v) is 19.2. The van der Waals surface area contributed by atoms with E-state index in [1.165, 1.54) is 12.1 Å². The summed E-state index contributed by atoms with van der Waals surface area (Å²) < 4.78 is 0. The highest BCUT2D eigenvalue weighted by Crippen LogP contribution is 2.50. The van der Waals surface area contributed by atoms with Gasteiger partial charge in [0.2, 0.25) is 0 Å². The number of Topliss-reactive ketones (excluding diaryl/α,β-unsaturated/α-hetero) is 1. The number of benzene rings is 2. The quantitative estimate of drug-likeness (QED) is 0.519. The van der Waals surface area contributed by atoms with Crippen molar-refractivity contribution in [3.63, 3.8) is 0 Å². The van der Waals surface area contributed by atoms with Gasteiger partial charge < -0.3 is 5.73 Å². The monoisotopic (exact) mass is 442 g/mol. The predicted octanol–water partition coefficient (Wildman–Crippen LogP) is 5.15. The number of allylic oxidation sites excluding steroid dienone is 3. The molecule has 0 spiro atoms. The molecule has 7 nitrogen and oxygen atoms in total. The maximum Gasteiger partial charge on any atom is 0.271 e. The van der Waals surface area contributed by atoms with Crippen LogP contribution in [-0.4, -0.2) is 10.7 Å². The number of rotatable bonds is 3. The fraction of sp³-hybridized carbons (Fsp3) is 0.308. The minimum atomic E-state index is -0.566. The summed E-state index contributed by atoms with van der Waals surface area (Å²) in [6.07, 6.45) is 0.909. The van der Waals surface area contributed by atoms with E-state index >= 15 is 0 Å². The fourth-order valence-electron chi connectivity index (χ4n) is 4.93. The summed E-state index contributed by atoms with van der Waals surface area (Å²) in [5.41, 5.74) is 11.1. The Hall–Kier alpha value is -3.92. The molecule has 2 aromatic rings. The van der Waals surface area contributed by atoms with Crippen LogP contribution in [0, 0.1) is 40.7 Å². The van der Waals surface area contributed by atoms with Crippen molar-refractivity contribution in [2.75, 3.05) is 4.90 Å². The Kier molecular flexibility index (Phi) is 5.33. The fourth-order valence-corrected chi connectivity index (χ4v) is 4.93. The van der Waals surface area contributed by atoms with Gasteiger partial charge in [-0.2, -0.15) is 5.26 Å². The Balaban J connectivity index is 2.03. The molecule has 168 valence electrons. The number of hydrogen-bond acceptors (Lipinski definition) is 6. The molecule has 1 atom stereocenters. The van der Waals surface area contributed by atoms with Crippen LogP contribution < -0.4 is 10.6 Å². The van der Waals surface area contributed by atoms with Crippen LogP contribution in [0.5, 0.6) is 0 Å². The number of anilines is 1. The van der Waals surface area contributed by atoms with Crippen LogP contribution >= 0.6 is 0 Å². The first-order chi connectivity index (χ1) is 15.5. The number of hydrogen-bond donors (Lipinski definition) is 1. The molecule has 2 aromatic carbocycles. The molecule has 2 aliphatic rings. The summed E-state index contributed by atoms with van der Waals surface area (Å²) in [7, 11) is 0. The van der Waals surface area contributed by atoms with E-state index in [0.717, 1.165) is 16.7 Å². The van der Waals surface area contributed by atoms with Gasteiger partial charge in [-0.05, 0) is 42.9 Å². The highest BCUT2D eigenvalue weighted by molar-refractivity contribution is 6.01. The first kappa shape index (κ1) is 22.3. The molecule has 1 aliphatic carbocycles. The highest BCUT2D eigenvalue weighted by atomic mass is 16.6. The average Bonchev–Trinajstić information content (AvgIpc) is 2.74. The number of nitriles is 1. The van der Waals surface area contributed by atoms with Crippen molar-refractivity contribution < 1.29 is 9.72 Å². The summed E-state index contributed by atoms with van der Waals surface area (Å²) in [6, 6.07) is 14.4. The second-order valence-corrected chi connectivity index (χ2v) is 9.62. The van der Waals surface area contributed by atoms with Crippen molar-refractivity contribution >= 4 is 17.2 Å². The minimum absolute atomic E-state index is 0.0252. The van der Waals surface area contributed by atoms with Crippen molar-refractivity contribution in [1.82, 2.24) is 0 Å². The van der Waals surface area contributed by atoms with Crippen LogP contribution in [0.25, 0.3) is 0 Å². The van der Waals surface area contributed by atoms with Gasteiger partial charge in [0.05, 0.1) is 28.2 Å². The Morgan fingerprint density at radius 2 is 1.91 bits per heavy atom. The van der Waals surface area contributed by atoms with E-state index in [2.05, 4.69) is 6.07 Å². The second-order valence-electron chi connectivity index (χ2n) is 9.62. The predicted molar refractivity (Wildman–Crippen MR) is 126 cm³/mol. The van der Waals surface area contributed by atoms with Crippen LogP contribution in [-0.2, 0) is 4.79 Å². The Labute approximate surface area is 193 Å². The third-order valence-electron chi connectivity index (χ3n) is 6.43. The van der Waals surface area contributed by atoms with E-state index in [4.69, 9.17) is 5.73 Å². The molecule has 0 saturated heterocycles. The standard InChI is InChI=1S/C26H26N4O3/c1-15-8-9-16(2)19(10-15)23-20(14-27)25(28)29(17-6-5-7-18(11-17)30(32)33)21-12-26(3,4)13-22(31)24(21)23/h5-11,23H,12-13,28H2,1-4H3. The molecule has 0 bridgehead atoms. The molecule has 0 amide bonds. The van der Waals surface area contributed by atoms with Gasteiger partial charge in [-0.25, -0.2) is 0 Å². The maximum atomic E-state index is 13.6. The van der Waals surface area contributed by atoms with Crippen molar-refractivity contribution in [2.24, 2.45) is 11.1 Å². The molecule has 7 heteroatoms. The summed E-state index contributed by atoms with van der Waals surface area (Å²) >= 11 is 0. The lowest BCUT2D eigenvalue weighted by molar-refractivity contribution is -0.384.